The van der Waals surface area contributed by atoms with Gasteiger partial charge in [-0.2, -0.15) is 0 Å². The molecule has 4 saturated heterocycles. The first-order valence-corrected chi connectivity index (χ1v) is 16.1. The monoisotopic (exact) mass is 748 g/mol. The molecule has 0 bridgehead atoms. The highest BCUT2D eigenvalue weighted by molar-refractivity contribution is 5.73. The Morgan fingerprint density at radius 2 is 0.961 bits per heavy atom. The summed E-state index contributed by atoms with van der Waals surface area (Å²) in [5.74, 6) is -1.41. The summed E-state index contributed by atoms with van der Waals surface area (Å²) in [5, 5.41) is 129. The maximum atomic E-state index is 12.1. The molecule has 14 N–H and O–H groups in total. The topological polar surface area (TPSA) is 366 Å². The van der Waals surface area contributed by atoms with Gasteiger partial charge < -0.3 is 105 Å². The van der Waals surface area contributed by atoms with Gasteiger partial charge in [0, 0.05) is 13.8 Å². The lowest BCUT2D eigenvalue weighted by Gasteiger charge is -2.48. The van der Waals surface area contributed by atoms with E-state index in [0.29, 0.717) is 0 Å². The van der Waals surface area contributed by atoms with Gasteiger partial charge in [0.1, 0.15) is 97.5 Å². The van der Waals surface area contributed by atoms with Crippen molar-refractivity contribution in [1.29, 1.82) is 0 Å². The molecule has 0 saturated carbocycles. The Balaban J connectivity index is 1.51. The van der Waals surface area contributed by atoms with Crippen LogP contribution in [-0.4, -0.2) is 222 Å². The summed E-state index contributed by atoms with van der Waals surface area (Å²) >= 11 is 0. The maximum absolute atomic E-state index is 12.1. The predicted molar refractivity (Wildman–Crippen MR) is 157 cm³/mol. The lowest BCUT2D eigenvalue weighted by atomic mass is 9.94. The van der Waals surface area contributed by atoms with E-state index < -0.39 is 161 Å². The van der Waals surface area contributed by atoms with Crippen LogP contribution in [0.3, 0.4) is 0 Å². The summed E-state index contributed by atoms with van der Waals surface area (Å²) in [5.41, 5.74) is 0. The molecule has 0 radical (unpaired) electrons. The number of nitrogens with one attached hydrogen (secondary N) is 2. The van der Waals surface area contributed by atoms with E-state index in [2.05, 4.69) is 10.6 Å². The van der Waals surface area contributed by atoms with Crippen LogP contribution in [0.25, 0.3) is 0 Å². The molecular weight excluding hydrogens is 700 g/mol. The quantitative estimate of drug-likeness (QED) is 0.0881. The normalized spacial score (nSPS) is 47.8. The van der Waals surface area contributed by atoms with E-state index in [0.717, 1.165) is 13.8 Å². The third kappa shape index (κ3) is 9.29. The number of carbonyl (C=O) groups excluding carboxylic acids is 2. The van der Waals surface area contributed by atoms with Gasteiger partial charge in [0.15, 0.2) is 25.2 Å². The van der Waals surface area contributed by atoms with E-state index in [1.807, 2.05) is 0 Å². The zero-order valence-electron chi connectivity index (χ0n) is 27.4. The van der Waals surface area contributed by atoms with Gasteiger partial charge in [0.05, 0.1) is 26.4 Å². The van der Waals surface area contributed by atoms with Crippen LogP contribution in [-0.2, 0) is 42.7 Å². The fraction of sp³-hybridized carbons (Fsp3) is 0.929. The molecule has 0 aromatic heterocycles. The highest BCUT2D eigenvalue weighted by atomic mass is 16.7. The van der Waals surface area contributed by atoms with E-state index >= 15 is 0 Å². The molecule has 0 aromatic rings. The molecule has 23 heteroatoms. The summed E-state index contributed by atoms with van der Waals surface area (Å²) in [6, 6.07) is -3.01. The van der Waals surface area contributed by atoms with Crippen LogP contribution in [0.2, 0.25) is 0 Å². The number of amides is 2. The second-order valence-electron chi connectivity index (χ2n) is 12.7. The number of aliphatic hydroxyl groups excluding tert-OH is 12. The van der Waals surface area contributed by atoms with E-state index in [1.165, 1.54) is 0 Å². The average Bonchev–Trinajstić information content (AvgIpc) is 3.08. The van der Waals surface area contributed by atoms with Crippen LogP contribution >= 0.6 is 0 Å². The smallest absolute Gasteiger partial charge is 0.217 e. The Morgan fingerprint density at radius 1 is 0.510 bits per heavy atom. The Kier molecular flexibility index (Phi) is 14.8. The second-order valence-corrected chi connectivity index (χ2v) is 12.7. The van der Waals surface area contributed by atoms with Crippen molar-refractivity contribution in [2.75, 3.05) is 26.4 Å². The highest BCUT2D eigenvalue weighted by Gasteiger charge is 2.54. The standard InChI is InChI=1S/C28H48N2O21/c1-7(34)29-13-18(39)23(50-27-21(42)19(40)15(36)9(3-31)47-27)11(5-33)49-26(13)45-6-12-17(38)24(14(25(44)46-12)30-8(2)35)51-28-22(43)20(41)16(37)10(4-32)48-28/h9-28,31-33,36-44H,3-6H2,1-2H3,(H,29,34)(H,30,35)/t9-,10-,11-,12-,13-,14-,15+,16+,17+,18-,19+,20+,21-,22-,23-,24-,25?,26?,27?,28?/m1/s1. The molecular formula is C28H48N2O21. The van der Waals surface area contributed by atoms with Crippen molar-refractivity contribution in [3.05, 3.63) is 0 Å². The SMILES string of the molecule is CC(=O)N[C@H]1C(OC[C@H]2OC(O)[C@H](NC(C)=O)[C@@H](OC3O[C@H](CO)[C@H](O)[C@H](O)[C@H]3O)[C@H]2O)O[C@H](CO)[C@@H](OC2O[C@H](CO)[C@H](O)[C@H](O)[C@H]2O)[C@@H]1O. The molecule has 4 unspecified atom stereocenters. The summed E-state index contributed by atoms with van der Waals surface area (Å²) in [6.45, 7) is -0.987. The van der Waals surface area contributed by atoms with Crippen molar-refractivity contribution in [3.8, 4) is 0 Å². The predicted octanol–water partition coefficient (Wildman–Crippen LogP) is -9.46. The Morgan fingerprint density at radius 3 is 1.43 bits per heavy atom. The zero-order valence-corrected chi connectivity index (χ0v) is 27.4. The molecule has 4 rings (SSSR count). The number of rotatable bonds is 12. The lowest BCUT2D eigenvalue weighted by Crippen LogP contribution is -2.69. The van der Waals surface area contributed by atoms with Gasteiger partial charge in [-0.25, -0.2) is 0 Å². The van der Waals surface area contributed by atoms with Crippen LogP contribution in [0.5, 0.6) is 0 Å². The van der Waals surface area contributed by atoms with Gasteiger partial charge in [-0.1, -0.05) is 0 Å². The molecule has 4 fully saturated rings. The zero-order chi connectivity index (χ0) is 37.9. The number of aliphatic hydroxyl groups is 12. The van der Waals surface area contributed by atoms with E-state index in [9.17, 15) is 70.9 Å². The third-order valence-corrected chi connectivity index (χ3v) is 8.99. The summed E-state index contributed by atoms with van der Waals surface area (Å²) in [4.78, 5) is 24.1. The van der Waals surface area contributed by atoms with Crippen LogP contribution in [0.1, 0.15) is 13.8 Å². The van der Waals surface area contributed by atoms with Gasteiger partial charge in [0.25, 0.3) is 0 Å². The molecule has 0 aromatic carbocycles. The lowest BCUT2D eigenvalue weighted by molar-refractivity contribution is -0.356. The third-order valence-electron chi connectivity index (χ3n) is 8.99. The molecule has 0 aliphatic carbocycles. The molecule has 23 nitrogen and oxygen atoms in total. The summed E-state index contributed by atoms with van der Waals surface area (Å²) < 4.78 is 39.0. The Bertz CT molecular complexity index is 1140. The van der Waals surface area contributed by atoms with Crippen molar-refractivity contribution in [3.63, 3.8) is 0 Å². The van der Waals surface area contributed by atoms with E-state index in [1.54, 1.807) is 0 Å². The molecule has 0 spiro atoms. The molecule has 51 heavy (non-hydrogen) atoms. The molecule has 4 aliphatic heterocycles. The maximum Gasteiger partial charge on any atom is 0.217 e. The Labute approximate surface area is 289 Å². The molecule has 20 atom stereocenters. The Hall–Kier alpha value is -1.82. The van der Waals surface area contributed by atoms with Gasteiger partial charge in [-0.05, 0) is 0 Å². The average molecular weight is 749 g/mol. The summed E-state index contributed by atoms with van der Waals surface area (Å²) in [7, 11) is 0. The first kappa shape index (κ1) is 41.9. The minimum Gasteiger partial charge on any atom is -0.394 e. The number of hydrogen-bond donors (Lipinski definition) is 14. The van der Waals surface area contributed by atoms with Gasteiger partial charge in [0.2, 0.25) is 11.8 Å². The summed E-state index contributed by atoms with van der Waals surface area (Å²) in [6.07, 6.45) is -30.8. The molecule has 2 amide bonds. The van der Waals surface area contributed by atoms with Gasteiger partial charge >= 0.3 is 0 Å². The van der Waals surface area contributed by atoms with Crippen LogP contribution in [0.15, 0.2) is 0 Å². The second kappa shape index (κ2) is 18.0. The van der Waals surface area contributed by atoms with Crippen molar-refractivity contribution in [2.45, 2.75) is 137 Å². The van der Waals surface area contributed by atoms with E-state index in [4.69, 9.17) is 33.2 Å². The first-order valence-electron chi connectivity index (χ1n) is 16.1. The van der Waals surface area contributed by atoms with Crippen molar-refractivity contribution >= 4 is 11.8 Å². The van der Waals surface area contributed by atoms with Crippen molar-refractivity contribution in [2.24, 2.45) is 0 Å². The van der Waals surface area contributed by atoms with Crippen molar-refractivity contribution in [1.82, 2.24) is 10.6 Å². The van der Waals surface area contributed by atoms with Gasteiger partial charge in [-0.3, -0.25) is 9.59 Å². The number of carbonyl (C=O) groups is 2. The minimum atomic E-state index is -1.92. The van der Waals surface area contributed by atoms with E-state index in [-0.39, 0.29) is 0 Å². The van der Waals surface area contributed by atoms with Crippen LogP contribution < -0.4 is 10.6 Å². The fourth-order valence-corrected chi connectivity index (χ4v) is 6.25. The van der Waals surface area contributed by atoms with Gasteiger partial charge in [-0.15, -0.1) is 0 Å². The number of ether oxygens (including phenoxy) is 7. The van der Waals surface area contributed by atoms with Crippen LogP contribution in [0.4, 0.5) is 0 Å². The highest BCUT2D eigenvalue weighted by Crippen LogP contribution is 2.32. The molecule has 4 heterocycles. The largest absolute Gasteiger partial charge is 0.394 e. The first-order chi connectivity index (χ1) is 24.0. The minimum absolute atomic E-state index is 0.703. The van der Waals surface area contributed by atoms with Crippen LogP contribution in [0, 0.1) is 0 Å². The molecule has 296 valence electrons. The fourth-order valence-electron chi connectivity index (χ4n) is 6.25. The number of hydrogen-bond acceptors (Lipinski definition) is 21. The molecule has 4 aliphatic rings. The van der Waals surface area contributed by atoms with Crippen molar-refractivity contribution < 1.29 is 104 Å².